The van der Waals surface area contributed by atoms with Gasteiger partial charge in [0.05, 0.1) is 5.60 Å². The van der Waals surface area contributed by atoms with Gasteiger partial charge in [0.15, 0.2) is 0 Å². The maximum atomic E-state index is 9.75. The molecule has 0 aliphatic carbocycles. The van der Waals surface area contributed by atoms with Crippen molar-refractivity contribution < 1.29 is 5.11 Å². The van der Waals surface area contributed by atoms with Gasteiger partial charge >= 0.3 is 0 Å². The maximum Gasteiger partial charge on any atom is 0.0625 e. The van der Waals surface area contributed by atoms with Crippen molar-refractivity contribution in [2.75, 3.05) is 5.75 Å². The van der Waals surface area contributed by atoms with Crippen LogP contribution >= 0.6 is 11.8 Å². The standard InChI is InChI=1S/C12H18OS/c1-10(12(2,3)13)9-14-11-7-5-4-6-8-11/h4-8,10,13H,9H2,1-3H3/t10-/m1/s1. The lowest BCUT2D eigenvalue weighted by Gasteiger charge is -2.25. The molecule has 0 fully saturated rings. The minimum Gasteiger partial charge on any atom is -0.390 e. The van der Waals surface area contributed by atoms with E-state index in [2.05, 4.69) is 19.1 Å². The van der Waals surface area contributed by atoms with E-state index >= 15 is 0 Å². The highest BCUT2D eigenvalue weighted by Gasteiger charge is 2.21. The molecule has 1 aromatic carbocycles. The zero-order chi connectivity index (χ0) is 10.6. The molecule has 0 saturated heterocycles. The molecule has 1 rings (SSSR count). The third-order valence-electron chi connectivity index (χ3n) is 2.45. The summed E-state index contributed by atoms with van der Waals surface area (Å²) in [6.45, 7) is 5.81. The smallest absolute Gasteiger partial charge is 0.0625 e. The first kappa shape index (κ1) is 11.6. The van der Waals surface area contributed by atoms with Crippen molar-refractivity contribution in [3.8, 4) is 0 Å². The van der Waals surface area contributed by atoms with Gasteiger partial charge < -0.3 is 5.11 Å². The van der Waals surface area contributed by atoms with Crippen LogP contribution in [0.5, 0.6) is 0 Å². The summed E-state index contributed by atoms with van der Waals surface area (Å²) in [5.41, 5.74) is -0.582. The van der Waals surface area contributed by atoms with Crippen LogP contribution in [-0.4, -0.2) is 16.5 Å². The predicted octanol–water partition coefficient (Wildman–Crippen LogP) is 3.19. The molecule has 14 heavy (non-hydrogen) atoms. The van der Waals surface area contributed by atoms with Crippen LogP contribution < -0.4 is 0 Å². The van der Waals surface area contributed by atoms with E-state index in [4.69, 9.17) is 0 Å². The molecule has 0 spiro atoms. The highest BCUT2D eigenvalue weighted by Crippen LogP contribution is 2.25. The lowest BCUT2D eigenvalue weighted by Crippen LogP contribution is -2.30. The Balaban J connectivity index is 2.42. The molecule has 2 heteroatoms. The van der Waals surface area contributed by atoms with Crippen molar-refractivity contribution in [1.29, 1.82) is 0 Å². The number of aliphatic hydroxyl groups is 1. The summed E-state index contributed by atoms with van der Waals surface area (Å²) in [4.78, 5) is 1.27. The van der Waals surface area contributed by atoms with Gasteiger partial charge in [-0.2, -0.15) is 0 Å². The number of hydrogen-bond donors (Lipinski definition) is 1. The Kier molecular flexibility index (Phi) is 4.02. The number of hydrogen-bond acceptors (Lipinski definition) is 2. The third-order valence-corrected chi connectivity index (χ3v) is 3.72. The Labute approximate surface area is 90.5 Å². The molecule has 0 unspecified atom stereocenters. The third kappa shape index (κ3) is 3.72. The summed E-state index contributed by atoms with van der Waals surface area (Å²) in [5.74, 6) is 1.25. The largest absolute Gasteiger partial charge is 0.390 e. The maximum absolute atomic E-state index is 9.75. The SMILES string of the molecule is C[C@H](CSc1ccccc1)C(C)(C)O. The first-order chi connectivity index (χ1) is 6.50. The van der Waals surface area contributed by atoms with Gasteiger partial charge in [0, 0.05) is 10.6 Å². The Hall–Kier alpha value is -0.470. The molecule has 0 amide bonds. The summed E-state index contributed by atoms with van der Waals surface area (Å²) in [6.07, 6.45) is 0. The van der Waals surface area contributed by atoms with Crippen LogP contribution in [-0.2, 0) is 0 Å². The van der Waals surface area contributed by atoms with Crippen LogP contribution in [0, 0.1) is 5.92 Å². The number of benzene rings is 1. The second-order valence-electron chi connectivity index (χ2n) is 4.18. The zero-order valence-electron chi connectivity index (χ0n) is 9.03. The van der Waals surface area contributed by atoms with Crippen molar-refractivity contribution in [2.45, 2.75) is 31.3 Å². The first-order valence-electron chi connectivity index (χ1n) is 4.90. The van der Waals surface area contributed by atoms with Crippen molar-refractivity contribution in [3.63, 3.8) is 0 Å². The minimum atomic E-state index is -0.582. The lowest BCUT2D eigenvalue weighted by atomic mass is 9.95. The van der Waals surface area contributed by atoms with Crippen LogP contribution in [0.2, 0.25) is 0 Å². The normalized spacial score (nSPS) is 14.0. The summed E-state index contributed by atoms with van der Waals surface area (Å²) in [5, 5.41) is 9.75. The average Bonchev–Trinajstić information content (AvgIpc) is 2.14. The van der Waals surface area contributed by atoms with Gasteiger partial charge in [0.25, 0.3) is 0 Å². The molecule has 0 radical (unpaired) electrons. The summed E-state index contributed by atoms with van der Waals surface area (Å²) in [6, 6.07) is 10.3. The van der Waals surface area contributed by atoms with Crippen LogP contribution in [0.25, 0.3) is 0 Å². The van der Waals surface area contributed by atoms with E-state index in [9.17, 15) is 5.11 Å². The molecule has 1 N–H and O–H groups in total. The zero-order valence-corrected chi connectivity index (χ0v) is 9.84. The fraction of sp³-hybridized carbons (Fsp3) is 0.500. The van der Waals surface area contributed by atoms with Crippen molar-refractivity contribution in [2.24, 2.45) is 5.92 Å². The highest BCUT2D eigenvalue weighted by molar-refractivity contribution is 7.99. The molecular formula is C12H18OS. The molecule has 0 aliphatic rings. The second-order valence-corrected chi connectivity index (χ2v) is 5.27. The van der Waals surface area contributed by atoms with E-state index in [0.717, 1.165) is 5.75 Å². The van der Waals surface area contributed by atoms with Gasteiger partial charge in [-0.15, -0.1) is 11.8 Å². The van der Waals surface area contributed by atoms with Gasteiger partial charge in [-0.1, -0.05) is 25.1 Å². The lowest BCUT2D eigenvalue weighted by molar-refractivity contribution is 0.0347. The van der Waals surface area contributed by atoms with Gasteiger partial charge in [0.1, 0.15) is 0 Å². The van der Waals surface area contributed by atoms with E-state index in [1.165, 1.54) is 4.90 Å². The predicted molar refractivity (Wildman–Crippen MR) is 62.6 cm³/mol. The van der Waals surface area contributed by atoms with E-state index in [0.29, 0.717) is 5.92 Å². The Morgan fingerprint density at radius 2 is 1.86 bits per heavy atom. The van der Waals surface area contributed by atoms with Gasteiger partial charge in [0.2, 0.25) is 0 Å². The van der Waals surface area contributed by atoms with Gasteiger partial charge in [-0.05, 0) is 31.9 Å². The van der Waals surface area contributed by atoms with E-state index in [1.54, 1.807) is 11.8 Å². The van der Waals surface area contributed by atoms with Crippen LogP contribution in [0.1, 0.15) is 20.8 Å². The van der Waals surface area contributed by atoms with Crippen LogP contribution in [0.4, 0.5) is 0 Å². The summed E-state index contributed by atoms with van der Waals surface area (Å²) in [7, 11) is 0. The molecule has 0 bridgehead atoms. The van der Waals surface area contributed by atoms with Crippen molar-refractivity contribution in [3.05, 3.63) is 30.3 Å². The topological polar surface area (TPSA) is 20.2 Å². The summed E-state index contributed by atoms with van der Waals surface area (Å²) < 4.78 is 0. The van der Waals surface area contributed by atoms with Crippen molar-refractivity contribution in [1.82, 2.24) is 0 Å². The monoisotopic (exact) mass is 210 g/mol. The van der Waals surface area contributed by atoms with E-state index in [-0.39, 0.29) is 0 Å². The Morgan fingerprint density at radius 1 is 1.29 bits per heavy atom. The quantitative estimate of drug-likeness (QED) is 0.770. The van der Waals surface area contributed by atoms with Gasteiger partial charge in [-0.3, -0.25) is 0 Å². The molecule has 0 aromatic heterocycles. The minimum absolute atomic E-state index is 0.299. The first-order valence-corrected chi connectivity index (χ1v) is 5.89. The van der Waals surface area contributed by atoms with Crippen molar-refractivity contribution >= 4 is 11.8 Å². The molecule has 1 aromatic rings. The molecule has 1 nitrogen and oxygen atoms in total. The summed E-state index contributed by atoms with van der Waals surface area (Å²) >= 11 is 1.80. The van der Waals surface area contributed by atoms with E-state index in [1.807, 2.05) is 32.0 Å². The van der Waals surface area contributed by atoms with E-state index < -0.39 is 5.60 Å². The molecule has 78 valence electrons. The Morgan fingerprint density at radius 3 is 2.36 bits per heavy atom. The van der Waals surface area contributed by atoms with Crippen LogP contribution in [0.3, 0.4) is 0 Å². The van der Waals surface area contributed by atoms with Gasteiger partial charge in [-0.25, -0.2) is 0 Å². The number of thioether (sulfide) groups is 1. The molecule has 0 saturated carbocycles. The average molecular weight is 210 g/mol. The highest BCUT2D eigenvalue weighted by atomic mass is 32.2. The fourth-order valence-electron chi connectivity index (χ4n) is 0.942. The van der Waals surface area contributed by atoms with Crippen LogP contribution in [0.15, 0.2) is 35.2 Å². The molecule has 0 heterocycles. The Bertz CT molecular complexity index is 263. The second kappa shape index (κ2) is 4.85. The molecular weight excluding hydrogens is 192 g/mol. The fourth-order valence-corrected chi connectivity index (χ4v) is 2.14. The molecule has 1 atom stereocenters. The molecule has 0 aliphatic heterocycles. The number of rotatable bonds is 4.